The number of aryl methyl sites for hydroxylation is 2. The number of hydrogen-bond acceptors (Lipinski definition) is 2. The van der Waals surface area contributed by atoms with Crippen molar-refractivity contribution in [1.29, 1.82) is 0 Å². The van der Waals surface area contributed by atoms with Crippen LogP contribution in [0.2, 0.25) is 0 Å². The Morgan fingerprint density at radius 1 is 1.09 bits per heavy atom. The molecule has 0 radical (unpaired) electrons. The second-order valence-electron chi connectivity index (χ2n) is 6.78. The molecular weight excluding hydrogens is 272 g/mol. The fourth-order valence-electron chi connectivity index (χ4n) is 3.90. The number of carbonyl (C=O) groups is 1. The summed E-state index contributed by atoms with van der Waals surface area (Å²) in [5.41, 5.74) is 2.60. The Labute approximate surface area is 134 Å². The van der Waals surface area contributed by atoms with Crippen LogP contribution in [0.15, 0.2) is 24.3 Å². The van der Waals surface area contributed by atoms with Crippen molar-refractivity contribution in [3.63, 3.8) is 0 Å². The molecule has 3 rings (SSSR count). The second kappa shape index (κ2) is 7.28. The van der Waals surface area contributed by atoms with Crippen molar-refractivity contribution in [2.24, 2.45) is 0 Å². The first kappa shape index (κ1) is 15.5. The summed E-state index contributed by atoms with van der Waals surface area (Å²) in [6.07, 6.45) is 7.02. The highest BCUT2D eigenvalue weighted by atomic mass is 16.2. The monoisotopic (exact) mass is 300 g/mol. The molecule has 1 amide bonds. The minimum Gasteiger partial charge on any atom is -0.340 e. The van der Waals surface area contributed by atoms with Gasteiger partial charge in [0.15, 0.2) is 0 Å². The third-order valence-corrected chi connectivity index (χ3v) is 5.38. The fourth-order valence-corrected chi connectivity index (χ4v) is 3.90. The summed E-state index contributed by atoms with van der Waals surface area (Å²) < 4.78 is 0. The van der Waals surface area contributed by atoms with Gasteiger partial charge in [0.25, 0.3) is 0 Å². The van der Waals surface area contributed by atoms with Crippen LogP contribution in [-0.2, 0) is 11.2 Å². The van der Waals surface area contributed by atoms with Gasteiger partial charge in [-0.25, -0.2) is 0 Å². The standard InChI is InChI=1S/C19H28N2O/c1-16-6-2-3-7-17(16)10-11-19(22)21-14-12-20(13-15-21)18-8-4-5-9-18/h2-3,6-7,18H,4-5,8-15H2,1H3. The van der Waals surface area contributed by atoms with Crippen LogP contribution in [0.25, 0.3) is 0 Å². The molecule has 120 valence electrons. The van der Waals surface area contributed by atoms with Crippen LogP contribution in [0, 0.1) is 6.92 Å². The normalized spacial score (nSPS) is 20.5. The predicted octanol–water partition coefficient (Wildman–Crippen LogP) is 3.01. The average Bonchev–Trinajstić information content (AvgIpc) is 3.08. The van der Waals surface area contributed by atoms with Crippen molar-refractivity contribution in [2.75, 3.05) is 26.2 Å². The van der Waals surface area contributed by atoms with E-state index >= 15 is 0 Å². The van der Waals surface area contributed by atoms with Crippen molar-refractivity contribution in [1.82, 2.24) is 9.80 Å². The van der Waals surface area contributed by atoms with Gasteiger partial charge in [0.1, 0.15) is 0 Å². The van der Waals surface area contributed by atoms with Gasteiger partial charge < -0.3 is 4.90 Å². The van der Waals surface area contributed by atoms with E-state index in [0.717, 1.165) is 38.6 Å². The number of carbonyl (C=O) groups excluding carboxylic acids is 1. The van der Waals surface area contributed by atoms with Gasteiger partial charge in [-0.3, -0.25) is 9.69 Å². The Kier molecular flexibility index (Phi) is 5.14. The molecule has 1 aromatic rings. The molecule has 1 heterocycles. The smallest absolute Gasteiger partial charge is 0.222 e. The Morgan fingerprint density at radius 3 is 2.45 bits per heavy atom. The topological polar surface area (TPSA) is 23.6 Å². The van der Waals surface area contributed by atoms with Crippen LogP contribution < -0.4 is 0 Å². The summed E-state index contributed by atoms with van der Waals surface area (Å²) in [6.45, 7) is 6.11. The molecule has 2 aliphatic rings. The van der Waals surface area contributed by atoms with Crippen molar-refractivity contribution in [3.05, 3.63) is 35.4 Å². The van der Waals surface area contributed by atoms with Crippen molar-refractivity contribution in [2.45, 2.75) is 51.5 Å². The molecule has 0 spiro atoms. The van der Waals surface area contributed by atoms with Gasteiger partial charge in [0, 0.05) is 38.6 Å². The SMILES string of the molecule is Cc1ccccc1CCC(=O)N1CCN(C2CCCC2)CC1. The Morgan fingerprint density at radius 2 is 1.77 bits per heavy atom. The largest absolute Gasteiger partial charge is 0.340 e. The first-order valence-electron chi connectivity index (χ1n) is 8.80. The number of hydrogen-bond donors (Lipinski definition) is 0. The van der Waals surface area contributed by atoms with Crippen LogP contribution in [-0.4, -0.2) is 47.9 Å². The van der Waals surface area contributed by atoms with E-state index in [1.165, 1.54) is 36.8 Å². The van der Waals surface area contributed by atoms with Crippen molar-refractivity contribution in [3.8, 4) is 0 Å². The van der Waals surface area contributed by atoms with Crippen LogP contribution in [0.3, 0.4) is 0 Å². The first-order chi connectivity index (χ1) is 10.7. The molecule has 0 N–H and O–H groups in total. The average molecular weight is 300 g/mol. The highest BCUT2D eigenvalue weighted by molar-refractivity contribution is 5.76. The zero-order chi connectivity index (χ0) is 15.4. The lowest BCUT2D eigenvalue weighted by Gasteiger charge is -2.38. The van der Waals surface area contributed by atoms with Gasteiger partial charge in [-0.1, -0.05) is 37.1 Å². The molecule has 1 saturated heterocycles. The molecule has 3 heteroatoms. The van der Waals surface area contributed by atoms with E-state index in [0.29, 0.717) is 12.3 Å². The van der Waals surface area contributed by atoms with E-state index in [4.69, 9.17) is 0 Å². The summed E-state index contributed by atoms with van der Waals surface area (Å²) in [7, 11) is 0. The maximum atomic E-state index is 12.4. The van der Waals surface area contributed by atoms with Gasteiger partial charge in [0.05, 0.1) is 0 Å². The molecule has 2 fully saturated rings. The molecular formula is C19H28N2O. The lowest BCUT2D eigenvalue weighted by Crippen LogP contribution is -2.51. The summed E-state index contributed by atoms with van der Waals surface area (Å²) >= 11 is 0. The van der Waals surface area contributed by atoms with Crippen LogP contribution >= 0.6 is 0 Å². The number of amides is 1. The zero-order valence-corrected chi connectivity index (χ0v) is 13.8. The molecule has 3 nitrogen and oxygen atoms in total. The molecule has 22 heavy (non-hydrogen) atoms. The molecule has 1 aliphatic carbocycles. The third-order valence-electron chi connectivity index (χ3n) is 5.38. The molecule has 0 atom stereocenters. The van der Waals surface area contributed by atoms with E-state index in [2.05, 4.69) is 41.0 Å². The van der Waals surface area contributed by atoms with E-state index in [-0.39, 0.29) is 0 Å². The number of benzene rings is 1. The Balaban J connectivity index is 1.45. The third kappa shape index (κ3) is 3.70. The second-order valence-corrected chi connectivity index (χ2v) is 6.78. The van der Waals surface area contributed by atoms with Gasteiger partial charge >= 0.3 is 0 Å². The van der Waals surface area contributed by atoms with Crippen LogP contribution in [0.5, 0.6) is 0 Å². The summed E-state index contributed by atoms with van der Waals surface area (Å²) in [4.78, 5) is 17.1. The van der Waals surface area contributed by atoms with Gasteiger partial charge in [-0.15, -0.1) is 0 Å². The molecule has 0 aromatic heterocycles. The zero-order valence-electron chi connectivity index (χ0n) is 13.8. The molecule has 1 aromatic carbocycles. The van der Waals surface area contributed by atoms with Crippen molar-refractivity contribution < 1.29 is 4.79 Å². The first-order valence-corrected chi connectivity index (χ1v) is 8.80. The minimum atomic E-state index is 0.328. The Bertz CT molecular complexity index is 500. The fraction of sp³-hybridized carbons (Fsp3) is 0.632. The minimum absolute atomic E-state index is 0.328. The van der Waals surface area contributed by atoms with E-state index in [9.17, 15) is 4.79 Å². The van der Waals surface area contributed by atoms with Gasteiger partial charge in [0.2, 0.25) is 5.91 Å². The molecule has 1 saturated carbocycles. The summed E-state index contributed by atoms with van der Waals surface area (Å²) in [5.74, 6) is 0.328. The predicted molar refractivity (Wildman–Crippen MR) is 89.9 cm³/mol. The molecule has 1 aliphatic heterocycles. The Hall–Kier alpha value is -1.35. The van der Waals surface area contributed by atoms with Crippen LogP contribution in [0.1, 0.15) is 43.2 Å². The maximum Gasteiger partial charge on any atom is 0.222 e. The highest BCUT2D eigenvalue weighted by Gasteiger charge is 2.27. The number of piperazine rings is 1. The quantitative estimate of drug-likeness (QED) is 0.853. The van der Waals surface area contributed by atoms with E-state index < -0.39 is 0 Å². The molecule has 0 unspecified atom stereocenters. The van der Waals surface area contributed by atoms with Crippen molar-refractivity contribution >= 4 is 5.91 Å². The number of rotatable bonds is 4. The summed E-state index contributed by atoms with van der Waals surface area (Å²) in [6, 6.07) is 9.18. The lowest BCUT2D eigenvalue weighted by atomic mass is 10.0. The van der Waals surface area contributed by atoms with Gasteiger partial charge in [-0.05, 0) is 37.3 Å². The highest BCUT2D eigenvalue weighted by Crippen LogP contribution is 2.24. The number of nitrogens with zero attached hydrogens (tertiary/aromatic N) is 2. The van der Waals surface area contributed by atoms with Crippen LogP contribution in [0.4, 0.5) is 0 Å². The maximum absolute atomic E-state index is 12.4. The van der Waals surface area contributed by atoms with E-state index in [1.54, 1.807) is 0 Å². The summed E-state index contributed by atoms with van der Waals surface area (Å²) in [5, 5.41) is 0. The molecule has 0 bridgehead atoms. The lowest BCUT2D eigenvalue weighted by molar-refractivity contribution is -0.133. The van der Waals surface area contributed by atoms with Gasteiger partial charge in [-0.2, -0.15) is 0 Å². The van der Waals surface area contributed by atoms with E-state index in [1.807, 2.05) is 0 Å².